The van der Waals surface area contributed by atoms with Gasteiger partial charge in [-0.15, -0.1) is 0 Å². The topological polar surface area (TPSA) is 131 Å². The van der Waals surface area contributed by atoms with Gasteiger partial charge >= 0.3 is 7.82 Å². The lowest BCUT2D eigenvalue weighted by Gasteiger charge is -2.44. The number of rotatable bonds is 7. The van der Waals surface area contributed by atoms with E-state index in [2.05, 4.69) is 9.84 Å². The van der Waals surface area contributed by atoms with E-state index in [0.29, 0.717) is 22.9 Å². The van der Waals surface area contributed by atoms with Gasteiger partial charge in [0.2, 0.25) is 0 Å². The van der Waals surface area contributed by atoms with Gasteiger partial charge in [0.05, 0.1) is 6.04 Å². The summed E-state index contributed by atoms with van der Waals surface area (Å²) < 4.78 is 54.2. The smallest absolute Gasteiger partial charge is 0.471 e. The molecule has 0 spiro atoms. The fourth-order valence-corrected chi connectivity index (χ4v) is 3.74. The Balaban J connectivity index is 2.02. The molecule has 2 unspecified atom stereocenters. The zero-order chi connectivity index (χ0) is 24.6. The average molecular weight is 485 g/mol. The quantitative estimate of drug-likeness (QED) is 0.310. The Labute approximate surface area is 187 Å². The number of benzene rings is 2. The van der Waals surface area contributed by atoms with Crippen LogP contribution >= 0.6 is 7.82 Å². The Morgan fingerprint density at radius 1 is 1.12 bits per heavy atom. The second-order valence-electron chi connectivity index (χ2n) is 7.95. The van der Waals surface area contributed by atoms with E-state index < -0.39 is 49.9 Å². The van der Waals surface area contributed by atoms with Crippen LogP contribution in [0.3, 0.4) is 0 Å². The lowest BCUT2D eigenvalue weighted by Crippen LogP contribution is -2.55. The van der Waals surface area contributed by atoms with Crippen molar-refractivity contribution >= 4 is 19.5 Å². The van der Waals surface area contributed by atoms with Gasteiger partial charge in [0.1, 0.15) is 29.1 Å². The normalized spacial score (nSPS) is 19.4. The lowest BCUT2D eigenvalue weighted by atomic mass is 9.85. The van der Waals surface area contributed by atoms with Crippen molar-refractivity contribution in [3.63, 3.8) is 0 Å². The molecule has 0 fully saturated rings. The number of fused-ring (bicyclic) bond motifs is 1. The minimum Gasteiger partial charge on any atom is -0.485 e. The van der Waals surface area contributed by atoms with E-state index in [0.717, 1.165) is 12.1 Å². The number of hydrogen-bond acceptors (Lipinski definition) is 6. The molecule has 2 aromatic rings. The molecule has 1 heterocycles. The van der Waals surface area contributed by atoms with Gasteiger partial charge in [-0.3, -0.25) is 14.1 Å². The fraction of sp³-hybridized carbons (Fsp3) is 0.333. The fourth-order valence-electron chi connectivity index (χ4n) is 3.54. The molecule has 0 aliphatic carbocycles. The molecule has 1 amide bonds. The molecule has 0 saturated carbocycles. The summed E-state index contributed by atoms with van der Waals surface area (Å²) in [5.74, 6) is -2.69. The molecule has 3 rings (SSSR count). The second kappa shape index (κ2) is 9.28. The first-order chi connectivity index (χ1) is 15.3. The highest BCUT2D eigenvalue weighted by molar-refractivity contribution is 7.46. The molecule has 33 heavy (non-hydrogen) atoms. The molecule has 1 aliphatic rings. The number of phosphoric ester groups is 1. The number of halogens is 2. The van der Waals surface area contributed by atoms with Crippen LogP contribution in [0.2, 0.25) is 0 Å². The molecule has 0 radical (unpaired) electrons. The maximum Gasteiger partial charge on any atom is 0.471 e. The largest absolute Gasteiger partial charge is 0.485 e. The number of carbonyl (C=O) groups excluding carboxylic acids is 2. The minimum absolute atomic E-state index is 0.262. The van der Waals surface area contributed by atoms with Crippen LogP contribution in [0.15, 0.2) is 36.4 Å². The number of ether oxygens (including phenoxy) is 2. The summed E-state index contributed by atoms with van der Waals surface area (Å²) in [6, 6.07) is 5.83. The Morgan fingerprint density at radius 3 is 2.33 bits per heavy atom. The molecule has 178 valence electrons. The van der Waals surface area contributed by atoms with Crippen molar-refractivity contribution in [2.24, 2.45) is 0 Å². The third kappa shape index (κ3) is 6.01. The highest BCUT2D eigenvalue weighted by Crippen LogP contribution is 2.43. The van der Waals surface area contributed by atoms with Crippen molar-refractivity contribution in [3.05, 3.63) is 64.7 Å². The highest BCUT2D eigenvalue weighted by atomic mass is 31.2. The number of Topliss-reactive ketones (excluding diaryl/α,β-unsaturated/α-hetero) is 1. The Morgan fingerprint density at radius 2 is 1.76 bits per heavy atom. The summed E-state index contributed by atoms with van der Waals surface area (Å²) in [7, 11) is -4.85. The number of ketones is 1. The van der Waals surface area contributed by atoms with Crippen molar-refractivity contribution in [3.8, 4) is 5.75 Å². The van der Waals surface area contributed by atoms with Crippen molar-refractivity contribution in [2.45, 2.75) is 38.5 Å². The zero-order valence-electron chi connectivity index (χ0n) is 17.9. The lowest BCUT2D eigenvalue weighted by molar-refractivity contribution is -0.141. The maximum atomic E-state index is 13.6. The van der Waals surface area contributed by atoms with Crippen LogP contribution in [-0.4, -0.2) is 40.0 Å². The third-order valence-electron chi connectivity index (χ3n) is 4.99. The molecule has 3 N–H and O–H groups in total. The Kier molecular flexibility index (Phi) is 7.01. The number of nitrogens with one attached hydrogen (secondary N) is 1. The van der Waals surface area contributed by atoms with E-state index in [1.54, 1.807) is 13.8 Å². The monoisotopic (exact) mass is 485 g/mol. The molecule has 0 saturated heterocycles. The van der Waals surface area contributed by atoms with Crippen molar-refractivity contribution < 1.29 is 46.7 Å². The third-order valence-corrected chi connectivity index (χ3v) is 5.43. The average Bonchev–Trinajstić information content (AvgIpc) is 2.67. The first-order valence-electron chi connectivity index (χ1n) is 9.69. The van der Waals surface area contributed by atoms with Crippen LogP contribution in [0, 0.1) is 11.6 Å². The summed E-state index contributed by atoms with van der Waals surface area (Å²) in [6.45, 7) is 3.72. The standard InChI is InChI=1S/C21H22F2NO8P/c1-11(25)12-4-5-17-16(8-12)18(24-20(26)13-6-14(22)9-15(23)7-13)19(21(2,3)32-17)30-10-31-33(27,28)29/h4-9,18-19H,10H2,1-3H3,(H,24,26)(H2,27,28,29). The Hall–Kier alpha value is -2.69. The first kappa shape index (κ1) is 24.9. The summed E-state index contributed by atoms with van der Waals surface area (Å²) in [6.07, 6.45) is -1.08. The first-order valence-corrected chi connectivity index (χ1v) is 11.2. The molecule has 0 aromatic heterocycles. The number of hydrogen-bond donors (Lipinski definition) is 3. The van der Waals surface area contributed by atoms with Crippen molar-refractivity contribution in [1.82, 2.24) is 5.32 Å². The van der Waals surface area contributed by atoms with E-state index in [1.165, 1.54) is 25.1 Å². The van der Waals surface area contributed by atoms with Crippen molar-refractivity contribution in [2.75, 3.05) is 6.79 Å². The Bertz CT molecular complexity index is 1110. The van der Waals surface area contributed by atoms with E-state index in [9.17, 15) is 22.9 Å². The van der Waals surface area contributed by atoms with Gasteiger partial charge in [-0.05, 0) is 51.1 Å². The van der Waals surface area contributed by atoms with E-state index in [1.807, 2.05) is 0 Å². The van der Waals surface area contributed by atoms with Gasteiger partial charge in [0.25, 0.3) is 5.91 Å². The summed E-state index contributed by atoms with van der Waals surface area (Å²) >= 11 is 0. The zero-order valence-corrected chi connectivity index (χ0v) is 18.8. The van der Waals surface area contributed by atoms with Crippen LogP contribution in [0.4, 0.5) is 8.78 Å². The molecule has 0 bridgehead atoms. The molecule has 2 atom stereocenters. The molecule has 9 nitrogen and oxygen atoms in total. The van der Waals surface area contributed by atoms with E-state index in [4.69, 9.17) is 19.3 Å². The number of amides is 1. The van der Waals surface area contributed by atoms with Crippen LogP contribution in [0.5, 0.6) is 5.75 Å². The number of carbonyl (C=O) groups is 2. The van der Waals surface area contributed by atoms with Gasteiger partial charge in [-0.2, -0.15) is 0 Å². The molecule has 12 heteroatoms. The molecule has 2 aromatic carbocycles. The molecular weight excluding hydrogens is 463 g/mol. The second-order valence-corrected chi connectivity index (χ2v) is 9.19. The van der Waals surface area contributed by atoms with Crippen LogP contribution in [-0.2, 0) is 13.8 Å². The van der Waals surface area contributed by atoms with Crippen molar-refractivity contribution in [1.29, 1.82) is 0 Å². The molecular formula is C21H22F2NO8P. The van der Waals surface area contributed by atoms with Gasteiger partial charge in [-0.25, -0.2) is 13.3 Å². The predicted molar refractivity (Wildman–Crippen MR) is 111 cm³/mol. The van der Waals surface area contributed by atoms with Gasteiger partial charge in [0.15, 0.2) is 12.6 Å². The van der Waals surface area contributed by atoms with Crippen LogP contribution in [0.25, 0.3) is 0 Å². The summed E-state index contributed by atoms with van der Waals surface area (Å²) in [5.41, 5.74) is -0.827. The predicted octanol–water partition coefficient (Wildman–Crippen LogP) is 3.26. The summed E-state index contributed by atoms with van der Waals surface area (Å²) in [4.78, 5) is 42.7. The minimum atomic E-state index is -4.85. The van der Waals surface area contributed by atoms with E-state index >= 15 is 0 Å². The van der Waals surface area contributed by atoms with Gasteiger partial charge < -0.3 is 24.6 Å². The van der Waals surface area contributed by atoms with Gasteiger partial charge in [0, 0.05) is 22.8 Å². The SMILES string of the molecule is CC(=O)c1ccc2c(c1)C(NC(=O)c1cc(F)cc(F)c1)C(OCOP(=O)(O)O)C(C)(C)O2. The van der Waals surface area contributed by atoms with E-state index in [-0.39, 0.29) is 11.3 Å². The van der Waals surface area contributed by atoms with Gasteiger partial charge in [-0.1, -0.05) is 0 Å². The summed E-state index contributed by atoms with van der Waals surface area (Å²) in [5, 5.41) is 2.63. The van der Waals surface area contributed by atoms with Crippen LogP contribution in [0.1, 0.15) is 53.1 Å². The maximum absolute atomic E-state index is 13.6. The molecule has 1 aliphatic heterocycles. The highest BCUT2D eigenvalue weighted by Gasteiger charge is 2.46. The number of phosphoric acid groups is 1. The van der Waals surface area contributed by atoms with Crippen LogP contribution < -0.4 is 10.1 Å².